The van der Waals surface area contributed by atoms with Gasteiger partial charge in [0.1, 0.15) is 0 Å². The summed E-state index contributed by atoms with van der Waals surface area (Å²) in [5.74, 6) is 0.589. The van der Waals surface area contributed by atoms with E-state index in [1.165, 1.54) is 0 Å². The smallest absolute Gasteiger partial charge is 0.275 e. The molecule has 2 aliphatic rings. The van der Waals surface area contributed by atoms with E-state index in [0.29, 0.717) is 31.1 Å². The molecule has 2 aromatic rings. The summed E-state index contributed by atoms with van der Waals surface area (Å²) in [6.07, 6.45) is 2.29. The summed E-state index contributed by atoms with van der Waals surface area (Å²) in [6, 6.07) is 7.96. The van der Waals surface area contributed by atoms with E-state index >= 15 is 0 Å². The lowest BCUT2D eigenvalue weighted by Gasteiger charge is -2.47. The number of rotatable bonds is 4. The van der Waals surface area contributed by atoms with Crippen molar-refractivity contribution in [3.8, 4) is 0 Å². The van der Waals surface area contributed by atoms with Crippen molar-refractivity contribution >= 4 is 22.7 Å². The molecule has 26 heavy (non-hydrogen) atoms. The molecule has 2 saturated heterocycles. The number of nitrogens with zero attached hydrogens (tertiary/aromatic N) is 3. The van der Waals surface area contributed by atoms with Gasteiger partial charge in [0.05, 0.1) is 5.52 Å². The molecule has 0 saturated carbocycles. The van der Waals surface area contributed by atoms with Crippen LogP contribution >= 0.6 is 0 Å². The highest BCUT2D eigenvalue weighted by Crippen LogP contribution is 2.32. The number of aromatic amines is 1. The highest BCUT2D eigenvalue weighted by molar-refractivity contribution is 6.04. The van der Waals surface area contributed by atoms with E-state index in [9.17, 15) is 9.59 Å². The van der Waals surface area contributed by atoms with Crippen LogP contribution in [0.2, 0.25) is 0 Å². The predicted octanol–water partition coefficient (Wildman–Crippen LogP) is 1.24. The molecule has 0 spiro atoms. The Morgan fingerprint density at radius 2 is 2.19 bits per heavy atom. The van der Waals surface area contributed by atoms with Crippen molar-refractivity contribution in [2.45, 2.75) is 25.3 Å². The summed E-state index contributed by atoms with van der Waals surface area (Å²) >= 11 is 0. The van der Waals surface area contributed by atoms with E-state index in [1.807, 2.05) is 41.1 Å². The van der Waals surface area contributed by atoms with E-state index in [2.05, 4.69) is 15.5 Å². The van der Waals surface area contributed by atoms with Crippen molar-refractivity contribution in [3.05, 3.63) is 30.0 Å². The Morgan fingerprint density at radius 3 is 3.04 bits per heavy atom. The molecule has 7 heteroatoms. The first-order valence-corrected chi connectivity index (χ1v) is 9.35. The number of piperidine rings is 2. The lowest BCUT2D eigenvalue weighted by Crippen LogP contribution is -2.57. The zero-order valence-electron chi connectivity index (χ0n) is 15.1. The van der Waals surface area contributed by atoms with Crippen LogP contribution in [-0.2, 0) is 4.79 Å². The average molecular weight is 355 g/mol. The quantitative estimate of drug-likeness (QED) is 0.864. The normalized spacial score (nSPS) is 23.3. The lowest BCUT2D eigenvalue weighted by atomic mass is 9.83. The molecule has 2 fully saturated rings. The van der Waals surface area contributed by atoms with Crippen molar-refractivity contribution in [1.29, 1.82) is 0 Å². The molecule has 138 valence electrons. The Bertz CT molecular complexity index is 817. The van der Waals surface area contributed by atoms with Crippen molar-refractivity contribution in [2.24, 2.45) is 5.92 Å². The number of benzene rings is 1. The van der Waals surface area contributed by atoms with Crippen LogP contribution in [0.4, 0.5) is 0 Å². The minimum absolute atomic E-state index is 0.0143. The van der Waals surface area contributed by atoms with Gasteiger partial charge in [0.25, 0.3) is 5.91 Å². The zero-order valence-corrected chi connectivity index (χ0v) is 15.1. The summed E-state index contributed by atoms with van der Waals surface area (Å²) in [6.45, 7) is 2.92. The number of H-pyrrole nitrogens is 1. The Balaban J connectivity index is 1.49. The fourth-order valence-corrected chi connectivity index (χ4v) is 4.33. The average Bonchev–Trinajstić information content (AvgIpc) is 3.10. The molecule has 2 unspecified atom stereocenters. The first kappa shape index (κ1) is 17.0. The van der Waals surface area contributed by atoms with Crippen LogP contribution < -0.4 is 5.32 Å². The van der Waals surface area contributed by atoms with Gasteiger partial charge < -0.3 is 15.1 Å². The lowest BCUT2D eigenvalue weighted by molar-refractivity contribution is -0.140. The number of amides is 2. The number of carbonyl (C=O) groups is 2. The zero-order chi connectivity index (χ0) is 18.1. The van der Waals surface area contributed by atoms with E-state index in [-0.39, 0.29) is 17.9 Å². The molecule has 3 heterocycles. The van der Waals surface area contributed by atoms with Gasteiger partial charge in [0, 0.05) is 44.0 Å². The van der Waals surface area contributed by atoms with Gasteiger partial charge in [0.15, 0.2) is 5.69 Å². The fraction of sp³-hybridized carbons (Fsp3) is 0.526. The minimum Gasteiger partial charge on any atom is -0.338 e. The first-order valence-electron chi connectivity index (χ1n) is 9.35. The molecule has 7 nitrogen and oxygen atoms in total. The number of likely N-dealkylation sites (N-methyl/N-ethyl adjacent to an activating group) is 1. The molecule has 2 N–H and O–H groups in total. The second-order valence-corrected chi connectivity index (χ2v) is 7.21. The summed E-state index contributed by atoms with van der Waals surface area (Å²) in [4.78, 5) is 29.3. The fourth-order valence-electron chi connectivity index (χ4n) is 4.33. The maximum absolute atomic E-state index is 13.0. The Hall–Kier alpha value is -2.41. The number of hydrogen-bond donors (Lipinski definition) is 2. The van der Waals surface area contributed by atoms with E-state index in [4.69, 9.17) is 0 Å². The van der Waals surface area contributed by atoms with Crippen LogP contribution in [0.25, 0.3) is 10.9 Å². The molecule has 4 rings (SSSR count). The number of aromatic nitrogens is 2. The van der Waals surface area contributed by atoms with Gasteiger partial charge in [-0.2, -0.15) is 5.10 Å². The maximum atomic E-state index is 13.0. The monoisotopic (exact) mass is 355 g/mol. The molecule has 0 bridgehead atoms. The van der Waals surface area contributed by atoms with Crippen LogP contribution in [0, 0.1) is 5.92 Å². The molecule has 2 amide bonds. The molecule has 0 radical (unpaired) electrons. The van der Waals surface area contributed by atoms with Gasteiger partial charge >= 0.3 is 0 Å². The SMILES string of the molecule is CNCCN1C(=O)CCC2CN(C(=O)c3n[nH]c4ccccc34)CCC21. The molecule has 0 aliphatic carbocycles. The summed E-state index contributed by atoms with van der Waals surface area (Å²) < 4.78 is 0. The van der Waals surface area contributed by atoms with Crippen molar-refractivity contribution < 1.29 is 9.59 Å². The maximum Gasteiger partial charge on any atom is 0.275 e. The van der Waals surface area contributed by atoms with E-state index in [0.717, 1.165) is 36.8 Å². The third kappa shape index (κ3) is 2.96. The van der Waals surface area contributed by atoms with Crippen molar-refractivity contribution in [3.63, 3.8) is 0 Å². The second kappa shape index (κ2) is 7.07. The van der Waals surface area contributed by atoms with Crippen LogP contribution in [0.3, 0.4) is 0 Å². The van der Waals surface area contributed by atoms with Gasteiger partial charge in [0.2, 0.25) is 5.91 Å². The third-order valence-electron chi connectivity index (χ3n) is 5.71. The molecular formula is C19H25N5O2. The Morgan fingerprint density at radius 1 is 1.35 bits per heavy atom. The largest absolute Gasteiger partial charge is 0.338 e. The Labute approximate surface area is 152 Å². The number of hydrogen-bond acceptors (Lipinski definition) is 4. The van der Waals surface area contributed by atoms with Crippen molar-refractivity contribution in [2.75, 3.05) is 33.2 Å². The van der Waals surface area contributed by atoms with E-state index < -0.39 is 0 Å². The topological polar surface area (TPSA) is 81.3 Å². The number of likely N-dealkylation sites (tertiary alicyclic amines) is 2. The number of para-hydroxylation sites is 1. The molecule has 2 aliphatic heterocycles. The summed E-state index contributed by atoms with van der Waals surface area (Å²) in [5.41, 5.74) is 1.38. The van der Waals surface area contributed by atoms with Gasteiger partial charge in [-0.25, -0.2) is 0 Å². The molecule has 2 atom stereocenters. The van der Waals surface area contributed by atoms with Gasteiger partial charge in [-0.15, -0.1) is 0 Å². The number of nitrogens with one attached hydrogen (secondary N) is 2. The number of carbonyl (C=O) groups excluding carboxylic acids is 2. The van der Waals surface area contributed by atoms with Gasteiger partial charge in [-0.1, -0.05) is 18.2 Å². The predicted molar refractivity (Wildman–Crippen MR) is 98.8 cm³/mol. The van der Waals surface area contributed by atoms with Gasteiger partial charge in [-0.05, 0) is 31.9 Å². The third-order valence-corrected chi connectivity index (χ3v) is 5.71. The van der Waals surface area contributed by atoms with Crippen LogP contribution in [0.5, 0.6) is 0 Å². The minimum atomic E-state index is -0.0143. The van der Waals surface area contributed by atoms with E-state index in [1.54, 1.807) is 0 Å². The summed E-state index contributed by atoms with van der Waals surface area (Å²) in [5, 5.41) is 11.2. The molecular weight excluding hydrogens is 330 g/mol. The van der Waals surface area contributed by atoms with Crippen LogP contribution in [-0.4, -0.2) is 71.1 Å². The second-order valence-electron chi connectivity index (χ2n) is 7.21. The van der Waals surface area contributed by atoms with Crippen LogP contribution in [0.1, 0.15) is 29.8 Å². The van der Waals surface area contributed by atoms with Gasteiger partial charge in [-0.3, -0.25) is 14.7 Å². The first-order chi connectivity index (χ1) is 12.7. The summed E-state index contributed by atoms with van der Waals surface area (Å²) in [7, 11) is 1.90. The van der Waals surface area contributed by atoms with Crippen LogP contribution in [0.15, 0.2) is 24.3 Å². The molecule has 1 aromatic carbocycles. The highest BCUT2D eigenvalue weighted by atomic mass is 16.2. The van der Waals surface area contributed by atoms with Crippen molar-refractivity contribution in [1.82, 2.24) is 25.3 Å². The standard InChI is InChI=1S/C19H25N5O2/c1-20-9-11-24-16-8-10-23(12-13(16)6-7-17(24)25)19(26)18-14-4-2-3-5-15(14)21-22-18/h2-5,13,16,20H,6-12H2,1H3,(H,21,22). The Kier molecular flexibility index (Phi) is 4.63. The number of fused-ring (bicyclic) bond motifs is 2. The highest BCUT2D eigenvalue weighted by Gasteiger charge is 2.40. The molecule has 1 aromatic heterocycles.